The van der Waals surface area contributed by atoms with Crippen molar-refractivity contribution in [1.82, 2.24) is 4.57 Å². The number of furan rings is 1. The van der Waals surface area contributed by atoms with Crippen molar-refractivity contribution in [1.29, 1.82) is 0 Å². The Bertz CT molecular complexity index is 3920. The Labute approximate surface area is 418 Å². The number of ether oxygens (including phenoxy) is 2. The summed E-state index contributed by atoms with van der Waals surface area (Å²) in [7, 11) is 2.44. The molecule has 1 aliphatic carbocycles. The minimum absolute atomic E-state index is 0.00935. The fourth-order valence-electron chi connectivity index (χ4n) is 11.8. The van der Waals surface area contributed by atoms with E-state index in [2.05, 4.69) is 203 Å². The zero-order valence-electron chi connectivity index (χ0n) is 42.9. The quantitative estimate of drug-likeness (QED) is 0.179. The molecular weight excluding hydrogens is 868 g/mol. The van der Waals surface area contributed by atoms with Crippen molar-refractivity contribution in [3.63, 3.8) is 0 Å². The molecule has 2 aromatic heterocycles. The minimum Gasteiger partial charge on any atom is -0.454 e. The summed E-state index contributed by atoms with van der Waals surface area (Å²) in [6.07, 6.45) is 2.29. The molecule has 351 valence electrons. The number of hydrogen-bond donors (Lipinski definition) is 1. The van der Waals surface area contributed by atoms with Crippen LogP contribution in [-0.2, 0) is 21.7 Å². The largest absolute Gasteiger partial charge is 0.454 e. The van der Waals surface area contributed by atoms with E-state index < -0.39 is 0 Å². The lowest BCUT2D eigenvalue weighted by molar-refractivity contribution is 0.332. The molecule has 0 saturated heterocycles. The van der Waals surface area contributed by atoms with Gasteiger partial charge in [-0.1, -0.05) is 135 Å². The van der Waals surface area contributed by atoms with Crippen LogP contribution in [0.4, 0.5) is 11.4 Å². The zero-order chi connectivity index (χ0) is 49.1. The molecule has 4 heterocycles. The van der Waals surface area contributed by atoms with Gasteiger partial charge in [0, 0.05) is 44.4 Å². The second-order valence-electron chi connectivity index (χ2n) is 24.0. The van der Waals surface area contributed by atoms with Crippen molar-refractivity contribution in [2.75, 3.05) is 5.32 Å². The number of nitrogens with zero attached hydrogens (tertiary/aromatic N) is 1. The summed E-state index contributed by atoms with van der Waals surface area (Å²) in [6.45, 7) is 25.6. The summed E-state index contributed by atoms with van der Waals surface area (Å²) in [5.41, 5.74) is 20.5. The molecular formula is C65H60BN2O3. The molecule has 6 heteroatoms. The van der Waals surface area contributed by atoms with Crippen LogP contribution < -0.4 is 25.7 Å². The third-order valence-electron chi connectivity index (χ3n) is 16.2. The summed E-state index contributed by atoms with van der Waals surface area (Å²) >= 11 is 0. The maximum Gasteiger partial charge on any atom is 0.197 e. The fourth-order valence-corrected chi connectivity index (χ4v) is 11.8. The van der Waals surface area contributed by atoms with Gasteiger partial charge in [0.05, 0.1) is 16.9 Å². The molecule has 2 aliphatic heterocycles. The van der Waals surface area contributed by atoms with Crippen LogP contribution in [0, 0.1) is 6.92 Å². The van der Waals surface area contributed by atoms with E-state index in [0.29, 0.717) is 23.0 Å². The van der Waals surface area contributed by atoms with Gasteiger partial charge in [0.25, 0.3) is 0 Å². The molecule has 0 spiro atoms. The molecule has 10 aromatic rings. The van der Waals surface area contributed by atoms with E-state index >= 15 is 0 Å². The van der Waals surface area contributed by atoms with Crippen molar-refractivity contribution in [2.24, 2.45) is 0 Å². The normalized spacial score (nSPS) is 15.4. The van der Waals surface area contributed by atoms with Gasteiger partial charge < -0.3 is 23.8 Å². The van der Waals surface area contributed by atoms with Crippen molar-refractivity contribution in [3.05, 3.63) is 161 Å². The van der Waals surface area contributed by atoms with Crippen LogP contribution in [0.15, 0.2) is 138 Å². The lowest BCUT2D eigenvalue weighted by atomic mass is 9.58. The number of aromatic nitrogens is 1. The zero-order valence-corrected chi connectivity index (χ0v) is 42.9. The van der Waals surface area contributed by atoms with E-state index in [1.807, 2.05) is 24.3 Å². The number of fused-ring (bicyclic) bond motifs is 11. The molecule has 13 rings (SSSR count). The lowest BCUT2D eigenvalue weighted by Gasteiger charge is -2.41. The molecule has 0 fully saturated rings. The minimum atomic E-state index is -0.0704. The Kier molecular flexibility index (Phi) is 9.21. The third kappa shape index (κ3) is 6.80. The molecule has 3 aliphatic rings. The second kappa shape index (κ2) is 14.9. The SMILES string of the molecule is Cc1ccccc1-c1cc(-c2cc3c(cc2Nc2cccc4c2oc2cc5c(cc24)C(C)(C)CCC5(C)C)Oc2ccccc2O3)c2c(c1)-n1c3ccc(C(C)(C)C)cc3c3cc(C(C)(C)C)cc(c31)[B]2. The number of nitrogens with one attached hydrogen (secondary N) is 1. The highest BCUT2D eigenvalue weighted by atomic mass is 16.6. The summed E-state index contributed by atoms with van der Waals surface area (Å²) in [5, 5.41) is 8.79. The number of anilines is 2. The average molecular weight is 928 g/mol. The fraction of sp³-hybridized carbons (Fsp3) is 0.262. The Morgan fingerprint density at radius 3 is 1.94 bits per heavy atom. The molecule has 0 saturated carbocycles. The van der Waals surface area contributed by atoms with E-state index in [9.17, 15) is 0 Å². The Hall–Kier alpha value is -7.18. The van der Waals surface area contributed by atoms with Crippen LogP contribution in [0.2, 0.25) is 0 Å². The van der Waals surface area contributed by atoms with E-state index in [0.717, 1.165) is 74.0 Å². The second-order valence-corrected chi connectivity index (χ2v) is 24.0. The molecule has 0 bridgehead atoms. The first-order chi connectivity index (χ1) is 33.8. The predicted octanol–water partition coefficient (Wildman–Crippen LogP) is 16.9. The van der Waals surface area contributed by atoms with Gasteiger partial charge in [0.1, 0.15) is 5.58 Å². The van der Waals surface area contributed by atoms with Gasteiger partial charge in [-0.2, -0.15) is 0 Å². The Morgan fingerprint density at radius 2 is 1.23 bits per heavy atom. The topological polar surface area (TPSA) is 48.6 Å². The standard InChI is InChI=1S/C65H60BN2O3/c1-36-17-12-13-18-40(36)37-27-45(59-53(28-37)68-52-24-23-38(62(2,3)4)29-43(52)46-30-39(63(5,6)7)31-49(66-59)60(46)68)42-33-57-58(70-55-22-15-14-21-54(55)69-57)35-51(42)67-50-20-16-19-41-44-32-47-48(34-56(44)71-61(41)50)65(10,11)26-25-64(47,8)9/h12-24,27-35,67H,25-26H2,1-11H3. The molecule has 5 nitrogen and oxygen atoms in total. The molecule has 0 atom stereocenters. The maximum absolute atomic E-state index is 7.01. The van der Waals surface area contributed by atoms with Crippen molar-refractivity contribution in [3.8, 4) is 50.9 Å². The van der Waals surface area contributed by atoms with Crippen molar-refractivity contribution < 1.29 is 13.9 Å². The van der Waals surface area contributed by atoms with Crippen LogP contribution >= 0.6 is 0 Å². The van der Waals surface area contributed by atoms with Gasteiger partial charge in [-0.3, -0.25) is 0 Å². The molecule has 1 radical (unpaired) electrons. The molecule has 71 heavy (non-hydrogen) atoms. The molecule has 0 amide bonds. The van der Waals surface area contributed by atoms with E-state index in [1.165, 1.54) is 60.6 Å². The van der Waals surface area contributed by atoms with Gasteiger partial charge >= 0.3 is 0 Å². The number of rotatable bonds is 4. The van der Waals surface area contributed by atoms with Gasteiger partial charge in [-0.15, -0.1) is 0 Å². The number of benzene rings is 8. The van der Waals surface area contributed by atoms with Gasteiger partial charge in [-0.05, 0) is 158 Å². The number of aryl methyl sites for hydroxylation is 1. The van der Waals surface area contributed by atoms with Gasteiger partial charge in [0.2, 0.25) is 0 Å². The molecule has 8 aromatic carbocycles. The van der Waals surface area contributed by atoms with Gasteiger partial charge in [0.15, 0.2) is 35.9 Å². The summed E-state index contributed by atoms with van der Waals surface area (Å²) in [5.74, 6) is 2.68. The van der Waals surface area contributed by atoms with Crippen LogP contribution in [0.3, 0.4) is 0 Å². The predicted molar refractivity (Wildman–Crippen MR) is 298 cm³/mol. The van der Waals surface area contributed by atoms with Crippen molar-refractivity contribution in [2.45, 2.75) is 111 Å². The van der Waals surface area contributed by atoms with Crippen LogP contribution in [0.1, 0.15) is 110 Å². The highest BCUT2D eigenvalue weighted by molar-refractivity contribution is 6.73. The van der Waals surface area contributed by atoms with Crippen LogP contribution in [0.5, 0.6) is 23.0 Å². The van der Waals surface area contributed by atoms with E-state index in [1.54, 1.807) is 0 Å². The number of hydrogen-bond acceptors (Lipinski definition) is 4. The van der Waals surface area contributed by atoms with Gasteiger partial charge in [-0.25, -0.2) is 0 Å². The highest BCUT2D eigenvalue weighted by Crippen LogP contribution is 2.52. The van der Waals surface area contributed by atoms with Crippen LogP contribution in [0.25, 0.3) is 71.7 Å². The first kappa shape index (κ1) is 43.8. The third-order valence-corrected chi connectivity index (χ3v) is 16.2. The monoisotopic (exact) mass is 927 g/mol. The summed E-state index contributed by atoms with van der Waals surface area (Å²) < 4.78 is 23.0. The summed E-state index contributed by atoms with van der Waals surface area (Å²) in [6, 6.07) is 49.0. The van der Waals surface area contributed by atoms with E-state index in [4.69, 9.17) is 13.9 Å². The Balaban J connectivity index is 1.08. The smallest absolute Gasteiger partial charge is 0.197 e. The summed E-state index contributed by atoms with van der Waals surface area (Å²) in [4.78, 5) is 0. The molecule has 0 unspecified atom stereocenters. The first-order valence-electron chi connectivity index (χ1n) is 25.4. The molecule has 1 N–H and O–H groups in total. The van der Waals surface area contributed by atoms with Crippen LogP contribution in [-0.4, -0.2) is 11.8 Å². The van der Waals surface area contributed by atoms with E-state index in [-0.39, 0.29) is 21.7 Å². The maximum atomic E-state index is 7.01. The first-order valence-corrected chi connectivity index (χ1v) is 25.4. The number of para-hydroxylation sites is 3. The Morgan fingerprint density at radius 1 is 0.549 bits per heavy atom. The highest BCUT2D eigenvalue weighted by Gasteiger charge is 2.38. The average Bonchev–Trinajstić information content (AvgIpc) is 3.88. The lowest BCUT2D eigenvalue weighted by Crippen LogP contribution is -2.38. The van der Waals surface area contributed by atoms with Crippen molar-refractivity contribution >= 4 is 73.3 Å².